The number of hydrogen-bond acceptors (Lipinski definition) is 4. The summed E-state index contributed by atoms with van der Waals surface area (Å²) in [5, 5.41) is 12.7. The van der Waals surface area contributed by atoms with Gasteiger partial charge in [-0.1, -0.05) is 6.07 Å². The van der Waals surface area contributed by atoms with Crippen molar-refractivity contribution in [3.63, 3.8) is 0 Å². The van der Waals surface area contributed by atoms with Gasteiger partial charge in [-0.15, -0.1) is 0 Å². The average molecular weight is 259 g/mol. The molecule has 0 fully saturated rings. The molecule has 5 nitrogen and oxygen atoms in total. The lowest BCUT2D eigenvalue weighted by atomic mass is 10.0. The minimum Gasteiger partial charge on any atom is -0.377 e. The van der Waals surface area contributed by atoms with E-state index in [4.69, 9.17) is 0 Å². The smallest absolute Gasteiger partial charge is 0.277 e. The molecular weight excluding hydrogens is 242 g/mol. The summed E-state index contributed by atoms with van der Waals surface area (Å²) >= 11 is 0. The van der Waals surface area contributed by atoms with Gasteiger partial charge in [-0.2, -0.15) is 0 Å². The Labute approximate surface area is 112 Å². The van der Waals surface area contributed by atoms with Crippen LogP contribution in [0.15, 0.2) is 30.3 Å². The summed E-state index contributed by atoms with van der Waals surface area (Å²) in [5.74, 6) is 0. The van der Waals surface area contributed by atoms with Crippen LogP contribution in [-0.2, 0) is 0 Å². The molecule has 0 heterocycles. The van der Waals surface area contributed by atoms with Crippen molar-refractivity contribution in [2.45, 2.75) is 0 Å². The Morgan fingerprint density at radius 3 is 2.05 bits per heavy atom. The van der Waals surface area contributed by atoms with E-state index in [-0.39, 0.29) is 10.6 Å². The lowest BCUT2D eigenvalue weighted by Crippen LogP contribution is -2.13. The molecule has 100 valence electrons. The predicted octanol–water partition coefficient (Wildman–Crippen LogP) is 2.88. The van der Waals surface area contributed by atoms with Gasteiger partial charge < -0.3 is 9.80 Å². The molecule has 0 N–H and O–H groups in total. The van der Waals surface area contributed by atoms with Crippen molar-refractivity contribution in [2.24, 2.45) is 0 Å². The molecule has 2 aromatic carbocycles. The number of fused-ring (bicyclic) bond motifs is 1. The molecule has 0 aliphatic rings. The van der Waals surface area contributed by atoms with Gasteiger partial charge in [0.2, 0.25) is 0 Å². The molecule has 0 unspecified atom stereocenters. The normalized spacial score (nSPS) is 10.5. The Hall–Kier alpha value is -2.30. The molecule has 0 aliphatic carbocycles. The number of nitrogens with zero attached hydrogens (tertiary/aromatic N) is 3. The van der Waals surface area contributed by atoms with Gasteiger partial charge in [-0.25, -0.2) is 0 Å². The van der Waals surface area contributed by atoms with Crippen molar-refractivity contribution in [1.29, 1.82) is 0 Å². The average Bonchev–Trinajstić information content (AvgIpc) is 2.35. The molecule has 0 spiro atoms. The second-order valence-corrected chi connectivity index (χ2v) is 4.85. The van der Waals surface area contributed by atoms with Crippen molar-refractivity contribution in [3.8, 4) is 0 Å². The Morgan fingerprint density at radius 2 is 1.53 bits per heavy atom. The van der Waals surface area contributed by atoms with Crippen LogP contribution in [0.5, 0.6) is 0 Å². The van der Waals surface area contributed by atoms with Crippen LogP contribution in [0.2, 0.25) is 0 Å². The maximum Gasteiger partial charge on any atom is 0.277 e. The third-order valence-electron chi connectivity index (χ3n) is 3.13. The van der Waals surface area contributed by atoms with Crippen LogP contribution < -0.4 is 9.80 Å². The first-order valence-corrected chi connectivity index (χ1v) is 5.98. The fourth-order valence-corrected chi connectivity index (χ4v) is 2.26. The van der Waals surface area contributed by atoms with E-state index in [2.05, 4.69) is 0 Å². The molecule has 2 rings (SSSR count). The molecule has 0 saturated carbocycles. The second-order valence-electron chi connectivity index (χ2n) is 4.85. The highest BCUT2D eigenvalue weighted by molar-refractivity contribution is 6.07. The molecular formula is C14H17N3O2. The maximum absolute atomic E-state index is 11.2. The van der Waals surface area contributed by atoms with Crippen molar-refractivity contribution in [3.05, 3.63) is 40.4 Å². The summed E-state index contributed by atoms with van der Waals surface area (Å²) in [6.45, 7) is 0. The van der Waals surface area contributed by atoms with Gasteiger partial charge in [0, 0.05) is 51.0 Å². The SMILES string of the molecule is CN(C)c1cccc2c([N+](=O)[O-])ccc(N(C)C)c12. The minimum atomic E-state index is -0.332. The fourth-order valence-electron chi connectivity index (χ4n) is 2.26. The van der Waals surface area contributed by atoms with Gasteiger partial charge in [0.25, 0.3) is 5.69 Å². The lowest BCUT2D eigenvalue weighted by molar-refractivity contribution is -0.383. The van der Waals surface area contributed by atoms with Crippen LogP contribution in [0, 0.1) is 10.1 Å². The molecule has 2 aromatic rings. The van der Waals surface area contributed by atoms with Gasteiger partial charge in [0.05, 0.1) is 10.3 Å². The number of nitro groups is 1. The van der Waals surface area contributed by atoms with E-state index in [0.717, 1.165) is 16.8 Å². The molecule has 0 atom stereocenters. The van der Waals surface area contributed by atoms with Crippen LogP contribution in [0.25, 0.3) is 10.8 Å². The quantitative estimate of drug-likeness (QED) is 0.628. The summed E-state index contributed by atoms with van der Waals surface area (Å²) in [7, 11) is 7.75. The number of nitro benzene ring substituents is 1. The van der Waals surface area contributed by atoms with E-state index in [9.17, 15) is 10.1 Å². The van der Waals surface area contributed by atoms with Gasteiger partial charge in [0.1, 0.15) is 0 Å². The highest BCUT2D eigenvalue weighted by Crippen LogP contribution is 2.38. The Morgan fingerprint density at radius 1 is 0.947 bits per heavy atom. The topological polar surface area (TPSA) is 49.6 Å². The van der Waals surface area contributed by atoms with E-state index in [1.807, 2.05) is 50.1 Å². The molecule has 0 bridgehead atoms. The first-order valence-electron chi connectivity index (χ1n) is 5.98. The molecule has 19 heavy (non-hydrogen) atoms. The largest absolute Gasteiger partial charge is 0.377 e. The van der Waals surface area contributed by atoms with Crippen LogP contribution in [-0.4, -0.2) is 33.1 Å². The van der Waals surface area contributed by atoms with E-state index in [1.165, 1.54) is 0 Å². The monoisotopic (exact) mass is 259 g/mol. The summed E-state index contributed by atoms with van der Waals surface area (Å²) in [6, 6.07) is 8.99. The molecule has 0 saturated heterocycles. The molecule has 0 amide bonds. The maximum atomic E-state index is 11.2. The third kappa shape index (κ3) is 2.19. The molecule has 0 aliphatic heterocycles. The van der Waals surface area contributed by atoms with Crippen molar-refractivity contribution in [1.82, 2.24) is 0 Å². The zero-order chi connectivity index (χ0) is 14.2. The van der Waals surface area contributed by atoms with Crippen LogP contribution in [0.1, 0.15) is 0 Å². The number of benzene rings is 2. The van der Waals surface area contributed by atoms with Gasteiger partial charge in [-0.3, -0.25) is 10.1 Å². The highest BCUT2D eigenvalue weighted by Gasteiger charge is 2.18. The summed E-state index contributed by atoms with van der Waals surface area (Å²) in [5.41, 5.74) is 2.10. The van der Waals surface area contributed by atoms with Crippen LogP contribution >= 0.6 is 0 Å². The van der Waals surface area contributed by atoms with Gasteiger partial charge in [0.15, 0.2) is 0 Å². The van der Waals surface area contributed by atoms with Crippen molar-refractivity contribution in [2.75, 3.05) is 38.0 Å². The Kier molecular flexibility index (Phi) is 3.29. The van der Waals surface area contributed by atoms with Gasteiger partial charge >= 0.3 is 0 Å². The Bertz CT molecular complexity index is 622. The number of hydrogen-bond donors (Lipinski definition) is 0. The molecule has 0 aromatic heterocycles. The fraction of sp³-hybridized carbons (Fsp3) is 0.286. The summed E-state index contributed by atoms with van der Waals surface area (Å²) in [4.78, 5) is 14.8. The first kappa shape index (κ1) is 13.1. The highest BCUT2D eigenvalue weighted by atomic mass is 16.6. The van der Waals surface area contributed by atoms with E-state index < -0.39 is 0 Å². The first-order chi connectivity index (χ1) is 8.93. The predicted molar refractivity (Wildman–Crippen MR) is 79.3 cm³/mol. The van der Waals surface area contributed by atoms with E-state index in [1.54, 1.807) is 18.2 Å². The summed E-state index contributed by atoms with van der Waals surface area (Å²) in [6.07, 6.45) is 0. The lowest BCUT2D eigenvalue weighted by Gasteiger charge is -2.21. The number of rotatable bonds is 3. The zero-order valence-corrected chi connectivity index (χ0v) is 11.5. The zero-order valence-electron chi connectivity index (χ0n) is 11.5. The third-order valence-corrected chi connectivity index (χ3v) is 3.13. The summed E-state index contributed by atoms with van der Waals surface area (Å²) < 4.78 is 0. The molecule has 5 heteroatoms. The van der Waals surface area contributed by atoms with E-state index >= 15 is 0 Å². The second kappa shape index (κ2) is 4.76. The van der Waals surface area contributed by atoms with Crippen molar-refractivity contribution < 1.29 is 4.92 Å². The standard InChI is InChI=1S/C14H17N3O2/c1-15(2)12-7-5-6-10-11(17(18)19)8-9-13(14(10)12)16(3)4/h5-9H,1-4H3. The number of non-ortho nitro benzene ring substituents is 1. The van der Waals surface area contributed by atoms with Crippen LogP contribution in [0.4, 0.5) is 17.1 Å². The van der Waals surface area contributed by atoms with Crippen LogP contribution in [0.3, 0.4) is 0 Å². The van der Waals surface area contributed by atoms with E-state index in [0.29, 0.717) is 5.39 Å². The minimum absolute atomic E-state index is 0.143. The Balaban J connectivity index is 2.93. The van der Waals surface area contributed by atoms with Crippen molar-refractivity contribution >= 4 is 27.8 Å². The number of anilines is 2. The molecule has 0 radical (unpaired) electrons. The van der Waals surface area contributed by atoms with Gasteiger partial charge in [-0.05, 0) is 18.2 Å².